The lowest BCUT2D eigenvalue weighted by molar-refractivity contribution is 0.477. The van der Waals surface area contributed by atoms with Crippen LogP contribution in [-0.2, 0) is 0 Å². The smallest absolute Gasteiger partial charge is 0.152 e. The predicted octanol–water partition coefficient (Wildman–Crippen LogP) is 10.0. The normalized spacial score (nSPS) is 12.4. The van der Waals surface area contributed by atoms with E-state index in [1.165, 1.54) is 59.7 Å². The molecule has 8 aromatic rings. The first-order chi connectivity index (χ1) is 18.8. The minimum Gasteiger partial charge on any atom is -0.453 e. The highest BCUT2D eigenvalue weighted by atomic mass is 16.5. The Bertz CT molecular complexity index is 2260. The van der Waals surface area contributed by atoms with Crippen molar-refractivity contribution in [3.05, 3.63) is 127 Å². The van der Waals surface area contributed by atoms with Gasteiger partial charge in [0.2, 0.25) is 0 Å². The van der Waals surface area contributed by atoms with Crippen molar-refractivity contribution in [2.45, 2.75) is 0 Å². The van der Waals surface area contributed by atoms with Crippen molar-refractivity contribution in [3.63, 3.8) is 0 Å². The molecule has 1 aromatic heterocycles. The van der Waals surface area contributed by atoms with Gasteiger partial charge >= 0.3 is 0 Å². The van der Waals surface area contributed by atoms with Crippen molar-refractivity contribution >= 4 is 54.1 Å². The summed E-state index contributed by atoms with van der Waals surface area (Å²) in [5.41, 5.74) is 5.91. The van der Waals surface area contributed by atoms with Crippen molar-refractivity contribution in [1.29, 1.82) is 0 Å². The van der Waals surface area contributed by atoms with E-state index in [1.54, 1.807) is 0 Å². The molecule has 0 atom stereocenters. The fourth-order valence-electron chi connectivity index (χ4n) is 6.42. The van der Waals surface area contributed by atoms with Gasteiger partial charge in [0.05, 0.1) is 16.7 Å². The minimum atomic E-state index is 0.889. The van der Waals surface area contributed by atoms with Crippen molar-refractivity contribution in [2.75, 3.05) is 0 Å². The summed E-state index contributed by atoms with van der Waals surface area (Å²) in [7, 11) is 0. The molecule has 176 valence electrons. The zero-order valence-electron chi connectivity index (χ0n) is 20.5. The molecule has 0 radical (unpaired) electrons. The summed E-state index contributed by atoms with van der Waals surface area (Å²) in [5, 5.41) is 9.92. The summed E-state index contributed by atoms with van der Waals surface area (Å²) in [6.45, 7) is 0. The maximum atomic E-state index is 6.56. The summed E-state index contributed by atoms with van der Waals surface area (Å²) in [5.74, 6) is 1.79. The molecule has 0 unspecified atom stereocenters. The molecule has 1 aliphatic rings. The monoisotopic (exact) mass is 483 g/mol. The van der Waals surface area contributed by atoms with Crippen LogP contribution in [0.15, 0.2) is 127 Å². The van der Waals surface area contributed by atoms with Gasteiger partial charge in [0, 0.05) is 10.8 Å². The molecule has 7 aromatic carbocycles. The van der Waals surface area contributed by atoms with Gasteiger partial charge in [0.1, 0.15) is 0 Å². The molecule has 2 nitrogen and oxygen atoms in total. The van der Waals surface area contributed by atoms with Gasteiger partial charge in [-0.05, 0) is 85.9 Å². The molecule has 9 rings (SSSR count). The summed E-state index contributed by atoms with van der Waals surface area (Å²) in [6, 6.07) is 45.9. The van der Waals surface area contributed by atoms with E-state index in [0.717, 1.165) is 22.7 Å². The lowest BCUT2D eigenvalue weighted by Crippen LogP contribution is -2.04. The number of rotatable bonds is 1. The molecule has 0 aliphatic carbocycles. The fourth-order valence-corrected chi connectivity index (χ4v) is 6.42. The highest BCUT2D eigenvalue weighted by molar-refractivity contribution is 6.18. The van der Waals surface area contributed by atoms with Crippen molar-refractivity contribution in [3.8, 4) is 28.3 Å². The Morgan fingerprint density at radius 3 is 2.11 bits per heavy atom. The second-order valence-corrected chi connectivity index (χ2v) is 10.2. The molecule has 0 bridgehead atoms. The Balaban J connectivity index is 1.41. The van der Waals surface area contributed by atoms with Crippen LogP contribution in [0.25, 0.3) is 70.9 Å². The first kappa shape index (κ1) is 20.0. The van der Waals surface area contributed by atoms with E-state index in [2.05, 4.69) is 132 Å². The highest BCUT2D eigenvalue weighted by Crippen LogP contribution is 2.47. The molecular formula is C36H21NO. The average molecular weight is 484 g/mol. The van der Waals surface area contributed by atoms with Crippen LogP contribution in [0.5, 0.6) is 11.5 Å². The molecule has 0 saturated heterocycles. The number of hydrogen-bond donors (Lipinski definition) is 0. The van der Waals surface area contributed by atoms with Crippen molar-refractivity contribution < 1.29 is 4.74 Å². The topological polar surface area (TPSA) is 14.2 Å². The van der Waals surface area contributed by atoms with Crippen molar-refractivity contribution in [2.24, 2.45) is 0 Å². The molecule has 2 heterocycles. The Morgan fingerprint density at radius 1 is 0.447 bits per heavy atom. The van der Waals surface area contributed by atoms with Crippen LogP contribution in [0, 0.1) is 0 Å². The van der Waals surface area contributed by atoms with Gasteiger partial charge in [-0.3, -0.25) is 0 Å². The van der Waals surface area contributed by atoms with Gasteiger partial charge < -0.3 is 9.30 Å². The van der Waals surface area contributed by atoms with Crippen LogP contribution in [0.1, 0.15) is 0 Å². The fraction of sp³-hybridized carbons (Fsp3) is 0. The third-order valence-corrected chi connectivity index (χ3v) is 8.10. The van der Waals surface area contributed by atoms with E-state index < -0.39 is 0 Å². The summed E-state index contributed by atoms with van der Waals surface area (Å²) in [6.07, 6.45) is 0. The van der Waals surface area contributed by atoms with Crippen LogP contribution in [0.3, 0.4) is 0 Å². The van der Waals surface area contributed by atoms with E-state index >= 15 is 0 Å². The number of fused-ring (bicyclic) bond motifs is 9. The third kappa shape index (κ3) is 2.61. The Hall–Kier alpha value is -5.08. The van der Waals surface area contributed by atoms with Crippen molar-refractivity contribution in [1.82, 2.24) is 4.57 Å². The summed E-state index contributed by atoms with van der Waals surface area (Å²) >= 11 is 0. The van der Waals surface area contributed by atoms with Gasteiger partial charge in [-0.25, -0.2) is 0 Å². The zero-order valence-corrected chi connectivity index (χ0v) is 20.5. The van der Waals surface area contributed by atoms with Crippen LogP contribution in [-0.4, -0.2) is 4.57 Å². The molecule has 0 spiro atoms. The maximum absolute atomic E-state index is 6.56. The van der Waals surface area contributed by atoms with Crippen LogP contribution < -0.4 is 4.74 Å². The molecule has 2 heteroatoms. The number of hydrogen-bond acceptors (Lipinski definition) is 1. The second-order valence-electron chi connectivity index (χ2n) is 10.2. The first-order valence-corrected chi connectivity index (χ1v) is 13.0. The van der Waals surface area contributed by atoms with Gasteiger partial charge in [-0.2, -0.15) is 0 Å². The molecule has 0 amide bonds. The molecule has 0 saturated carbocycles. The number of ether oxygens (including phenoxy) is 1. The maximum Gasteiger partial charge on any atom is 0.152 e. The van der Waals surface area contributed by atoms with Crippen LogP contribution in [0.4, 0.5) is 0 Å². The van der Waals surface area contributed by atoms with Gasteiger partial charge in [-0.15, -0.1) is 0 Å². The highest BCUT2D eigenvalue weighted by Gasteiger charge is 2.24. The van der Waals surface area contributed by atoms with Gasteiger partial charge in [0.25, 0.3) is 0 Å². The average Bonchev–Trinajstić information content (AvgIpc) is 3.31. The van der Waals surface area contributed by atoms with Gasteiger partial charge in [0.15, 0.2) is 11.5 Å². The first-order valence-electron chi connectivity index (χ1n) is 13.0. The van der Waals surface area contributed by atoms with E-state index in [1.807, 2.05) is 0 Å². The van der Waals surface area contributed by atoms with Gasteiger partial charge in [-0.1, -0.05) is 84.9 Å². The second kappa shape index (κ2) is 7.24. The zero-order chi connectivity index (χ0) is 24.8. The van der Waals surface area contributed by atoms with Crippen LogP contribution >= 0.6 is 0 Å². The third-order valence-electron chi connectivity index (χ3n) is 8.10. The Kier molecular flexibility index (Phi) is 3.82. The lowest BCUT2D eigenvalue weighted by atomic mass is 9.91. The SMILES string of the molecule is c1ccc(-c2cc3ccccc3c3cc4cc5c(cc4cc23)Oc2cccc3c4ccccc4n-5c23)cc1. The Labute approximate surface area is 218 Å². The van der Waals surface area contributed by atoms with E-state index in [-0.39, 0.29) is 0 Å². The predicted molar refractivity (Wildman–Crippen MR) is 159 cm³/mol. The number of para-hydroxylation sites is 2. The summed E-state index contributed by atoms with van der Waals surface area (Å²) in [4.78, 5) is 0. The quantitative estimate of drug-likeness (QED) is 0.167. The lowest BCUT2D eigenvalue weighted by Gasteiger charge is -2.22. The molecule has 1 aliphatic heterocycles. The number of aromatic nitrogens is 1. The molecule has 0 fully saturated rings. The number of benzene rings is 7. The van der Waals surface area contributed by atoms with Crippen LogP contribution in [0.2, 0.25) is 0 Å². The minimum absolute atomic E-state index is 0.889. The standard InChI is InChI=1S/C36H21NO/c1-2-9-22(10-3-1)29-17-23-11-4-5-12-26(23)30-18-24-20-33-35(21-25(24)19-31(29)30)38-34-16-8-14-28-27-13-6-7-15-32(27)37(33)36(28)34/h1-21H. The molecule has 38 heavy (non-hydrogen) atoms. The molecule has 0 N–H and O–H groups in total. The van der Waals surface area contributed by atoms with E-state index in [0.29, 0.717) is 0 Å². The number of nitrogens with zero attached hydrogens (tertiary/aromatic N) is 1. The van der Waals surface area contributed by atoms with E-state index in [9.17, 15) is 0 Å². The molecular weight excluding hydrogens is 462 g/mol. The summed E-state index contributed by atoms with van der Waals surface area (Å²) < 4.78 is 8.94. The Morgan fingerprint density at radius 2 is 1.18 bits per heavy atom. The van der Waals surface area contributed by atoms with E-state index in [4.69, 9.17) is 4.74 Å². The largest absolute Gasteiger partial charge is 0.453 e.